The maximum absolute atomic E-state index is 11.4. The molecule has 0 aromatic heterocycles. The summed E-state index contributed by atoms with van der Waals surface area (Å²) in [5.41, 5.74) is 5.30. The lowest BCUT2D eigenvalue weighted by molar-refractivity contribution is 0.682. The molecule has 2 N–H and O–H groups in total. The van der Waals surface area contributed by atoms with E-state index in [1.807, 2.05) is 24.3 Å². The first-order valence-corrected chi connectivity index (χ1v) is 5.69. The van der Waals surface area contributed by atoms with Gasteiger partial charge in [0.2, 0.25) is 0 Å². The van der Waals surface area contributed by atoms with Gasteiger partial charge in [-0.15, -0.1) is 0 Å². The van der Waals surface area contributed by atoms with Crippen molar-refractivity contribution < 1.29 is 4.21 Å². The number of halogens is 1. The Morgan fingerprint density at radius 1 is 1.50 bits per heavy atom. The molecule has 66 valence electrons. The average Bonchev–Trinajstić information content (AvgIpc) is 2.05. The SMILES string of the molecule is NCCS(=O)c1cccc(Br)c1. The highest BCUT2D eigenvalue weighted by Crippen LogP contribution is 2.14. The van der Waals surface area contributed by atoms with Gasteiger partial charge in [0.05, 0.1) is 10.8 Å². The minimum absolute atomic E-state index is 0.457. The van der Waals surface area contributed by atoms with Gasteiger partial charge < -0.3 is 5.73 Å². The molecular formula is C8H10BrNOS. The van der Waals surface area contributed by atoms with Gasteiger partial charge in [0.15, 0.2) is 0 Å². The molecule has 0 saturated heterocycles. The van der Waals surface area contributed by atoms with Gasteiger partial charge in [-0.05, 0) is 18.2 Å². The van der Waals surface area contributed by atoms with Crippen LogP contribution in [-0.4, -0.2) is 16.5 Å². The van der Waals surface area contributed by atoms with Crippen molar-refractivity contribution in [3.63, 3.8) is 0 Å². The van der Waals surface area contributed by atoms with Gasteiger partial charge in [0.25, 0.3) is 0 Å². The fourth-order valence-corrected chi connectivity index (χ4v) is 2.32. The summed E-state index contributed by atoms with van der Waals surface area (Å²) in [6, 6.07) is 7.47. The second kappa shape index (κ2) is 4.74. The molecule has 12 heavy (non-hydrogen) atoms. The minimum Gasteiger partial charge on any atom is -0.330 e. The van der Waals surface area contributed by atoms with Gasteiger partial charge in [-0.2, -0.15) is 0 Å². The molecule has 0 amide bonds. The molecule has 0 heterocycles. The topological polar surface area (TPSA) is 43.1 Å². The molecular weight excluding hydrogens is 238 g/mol. The van der Waals surface area contributed by atoms with E-state index in [0.29, 0.717) is 12.3 Å². The van der Waals surface area contributed by atoms with E-state index < -0.39 is 10.8 Å². The van der Waals surface area contributed by atoms with Crippen molar-refractivity contribution in [3.8, 4) is 0 Å². The molecule has 0 aliphatic carbocycles. The van der Waals surface area contributed by atoms with Crippen molar-refractivity contribution in [2.75, 3.05) is 12.3 Å². The Morgan fingerprint density at radius 2 is 2.25 bits per heavy atom. The molecule has 0 fully saturated rings. The van der Waals surface area contributed by atoms with Gasteiger partial charge >= 0.3 is 0 Å². The Kier molecular flexibility index (Phi) is 3.91. The molecule has 4 heteroatoms. The second-order valence-corrected chi connectivity index (χ2v) is 4.78. The quantitative estimate of drug-likeness (QED) is 0.881. The van der Waals surface area contributed by atoms with Crippen molar-refractivity contribution in [1.29, 1.82) is 0 Å². The molecule has 2 nitrogen and oxygen atoms in total. The Hall–Kier alpha value is -0.190. The Bertz CT molecular complexity index is 290. The van der Waals surface area contributed by atoms with Gasteiger partial charge in [0.1, 0.15) is 0 Å². The molecule has 0 saturated carbocycles. The van der Waals surface area contributed by atoms with E-state index in [1.54, 1.807) is 0 Å². The minimum atomic E-state index is -0.949. The largest absolute Gasteiger partial charge is 0.330 e. The van der Waals surface area contributed by atoms with Crippen LogP contribution < -0.4 is 5.73 Å². The van der Waals surface area contributed by atoms with Crippen LogP contribution in [0.15, 0.2) is 33.6 Å². The van der Waals surface area contributed by atoms with Crippen molar-refractivity contribution in [2.45, 2.75) is 4.90 Å². The summed E-state index contributed by atoms with van der Waals surface area (Å²) >= 11 is 3.32. The summed E-state index contributed by atoms with van der Waals surface area (Å²) < 4.78 is 12.4. The number of benzene rings is 1. The van der Waals surface area contributed by atoms with E-state index >= 15 is 0 Å². The number of nitrogens with two attached hydrogens (primary N) is 1. The van der Waals surface area contributed by atoms with Crippen LogP contribution in [0.3, 0.4) is 0 Å². The van der Waals surface area contributed by atoms with E-state index in [9.17, 15) is 4.21 Å². The first-order valence-electron chi connectivity index (χ1n) is 3.58. The fraction of sp³-hybridized carbons (Fsp3) is 0.250. The molecule has 0 aliphatic heterocycles. The van der Waals surface area contributed by atoms with Crippen LogP contribution in [-0.2, 0) is 10.8 Å². The van der Waals surface area contributed by atoms with Crippen LogP contribution >= 0.6 is 15.9 Å². The number of hydrogen-bond donors (Lipinski definition) is 1. The molecule has 1 aromatic rings. The highest BCUT2D eigenvalue weighted by atomic mass is 79.9. The van der Waals surface area contributed by atoms with Crippen molar-refractivity contribution >= 4 is 26.7 Å². The standard InChI is InChI=1S/C8H10BrNOS/c9-7-2-1-3-8(6-7)12(11)5-4-10/h1-3,6H,4-5,10H2. The molecule has 0 spiro atoms. The smallest absolute Gasteiger partial charge is 0.0542 e. The Morgan fingerprint density at radius 3 is 2.83 bits per heavy atom. The summed E-state index contributed by atoms with van der Waals surface area (Å²) in [5, 5.41) is 0. The Labute approximate surface area is 82.7 Å². The van der Waals surface area contributed by atoms with Crippen molar-refractivity contribution in [2.24, 2.45) is 5.73 Å². The van der Waals surface area contributed by atoms with Crippen molar-refractivity contribution in [1.82, 2.24) is 0 Å². The highest BCUT2D eigenvalue weighted by molar-refractivity contribution is 9.10. The van der Waals surface area contributed by atoms with Crippen LogP contribution in [0, 0.1) is 0 Å². The maximum Gasteiger partial charge on any atom is 0.0542 e. The van der Waals surface area contributed by atoms with E-state index in [4.69, 9.17) is 5.73 Å². The van der Waals surface area contributed by atoms with Gasteiger partial charge in [-0.3, -0.25) is 4.21 Å². The van der Waals surface area contributed by atoms with E-state index in [0.717, 1.165) is 9.37 Å². The summed E-state index contributed by atoms with van der Waals surface area (Å²) in [6.45, 7) is 0.457. The van der Waals surface area contributed by atoms with Crippen LogP contribution in [0.5, 0.6) is 0 Å². The van der Waals surface area contributed by atoms with Crippen molar-refractivity contribution in [3.05, 3.63) is 28.7 Å². The predicted octanol–water partition coefficient (Wildman–Crippen LogP) is 1.52. The summed E-state index contributed by atoms with van der Waals surface area (Å²) in [6.07, 6.45) is 0. The van der Waals surface area contributed by atoms with E-state index in [-0.39, 0.29) is 0 Å². The lowest BCUT2D eigenvalue weighted by Crippen LogP contribution is -2.10. The molecule has 1 unspecified atom stereocenters. The van der Waals surface area contributed by atoms with Gasteiger partial charge in [-0.25, -0.2) is 0 Å². The lowest BCUT2D eigenvalue weighted by Gasteiger charge is -1.99. The third-order valence-corrected chi connectivity index (χ3v) is 3.24. The Balaban J connectivity index is 2.81. The number of rotatable bonds is 3. The average molecular weight is 248 g/mol. The molecule has 1 aromatic carbocycles. The summed E-state index contributed by atoms with van der Waals surface area (Å²) in [4.78, 5) is 0.829. The van der Waals surface area contributed by atoms with Crippen LogP contribution in [0.2, 0.25) is 0 Å². The molecule has 1 atom stereocenters. The van der Waals surface area contributed by atoms with Crippen LogP contribution in [0.1, 0.15) is 0 Å². The molecule has 0 radical (unpaired) electrons. The second-order valence-electron chi connectivity index (χ2n) is 2.30. The third-order valence-electron chi connectivity index (χ3n) is 1.36. The molecule has 1 rings (SSSR count). The van der Waals surface area contributed by atoms with E-state index in [2.05, 4.69) is 15.9 Å². The van der Waals surface area contributed by atoms with Crippen LogP contribution in [0.25, 0.3) is 0 Å². The van der Waals surface area contributed by atoms with Gasteiger partial charge in [-0.1, -0.05) is 22.0 Å². The van der Waals surface area contributed by atoms with E-state index in [1.165, 1.54) is 0 Å². The highest BCUT2D eigenvalue weighted by Gasteiger charge is 2.01. The zero-order chi connectivity index (χ0) is 8.97. The predicted molar refractivity (Wildman–Crippen MR) is 54.5 cm³/mol. The first-order chi connectivity index (χ1) is 5.74. The monoisotopic (exact) mass is 247 g/mol. The molecule has 0 bridgehead atoms. The lowest BCUT2D eigenvalue weighted by atomic mass is 10.4. The molecule has 0 aliphatic rings. The zero-order valence-electron chi connectivity index (χ0n) is 6.50. The summed E-state index contributed by atoms with van der Waals surface area (Å²) in [5.74, 6) is 0.524. The maximum atomic E-state index is 11.4. The first kappa shape index (κ1) is 9.89. The van der Waals surface area contributed by atoms with Gasteiger partial charge in [0, 0.05) is 21.7 Å². The zero-order valence-corrected chi connectivity index (χ0v) is 8.90. The van der Waals surface area contributed by atoms with Crippen LogP contribution in [0.4, 0.5) is 0 Å². The fourth-order valence-electron chi connectivity index (χ4n) is 0.834. The normalized spacial score (nSPS) is 12.8. The summed E-state index contributed by atoms with van der Waals surface area (Å²) in [7, 11) is -0.949. The number of hydrogen-bond acceptors (Lipinski definition) is 2. The third kappa shape index (κ3) is 2.69.